The van der Waals surface area contributed by atoms with Crippen molar-refractivity contribution in [3.63, 3.8) is 0 Å². The molecular formula is C29H34FN5O3. The first kappa shape index (κ1) is 24.9. The van der Waals surface area contributed by atoms with Gasteiger partial charge in [0.15, 0.2) is 0 Å². The Morgan fingerprint density at radius 1 is 1.16 bits per heavy atom. The fourth-order valence-corrected chi connectivity index (χ4v) is 6.07. The van der Waals surface area contributed by atoms with Gasteiger partial charge in [0, 0.05) is 37.8 Å². The number of nitrogens with zero attached hydrogens (tertiary/aromatic N) is 3. The standard InChI is InChI=1S/C29H34FN5O3/c1-18(19-8-3-2-4-9-19)38-26-15-25(35-29(37)34-13-6-5-12-27(34)33-35)23(30)14-21(26)28(36)32-24-11-7-10-20-16-31-17-22(20)24/h7,10-11,14-15,18-19,31H,2-6,8-9,12-13,16-17H2,1H3,(H,32,36)/t18-/m1/s1. The van der Waals surface area contributed by atoms with Gasteiger partial charge in [-0.25, -0.2) is 9.18 Å². The van der Waals surface area contributed by atoms with Crippen LogP contribution in [0.5, 0.6) is 5.75 Å². The predicted octanol–water partition coefficient (Wildman–Crippen LogP) is 4.71. The summed E-state index contributed by atoms with van der Waals surface area (Å²) < 4.78 is 24.7. The summed E-state index contributed by atoms with van der Waals surface area (Å²) in [6.45, 7) is 4.00. The zero-order chi connectivity index (χ0) is 26.2. The van der Waals surface area contributed by atoms with Crippen molar-refractivity contribution in [1.82, 2.24) is 19.7 Å². The third kappa shape index (κ3) is 4.64. The summed E-state index contributed by atoms with van der Waals surface area (Å²) in [4.78, 5) is 26.6. The van der Waals surface area contributed by atoms with E-state index in [1.807, 2.05) is 25.1 Å². The molecule has 6 rings (SSSR count). The fourth-order valence-electron chi connectivity index (χ4n) is 6.07. The fraction of sp³-hybridized carbons (Fsp3) is 0.483. The predicted molar refractivity (Wildman–Crippen MR) is 142 cm³/mol. The SMILES string of the molecule is C[C@@H](Oc1cc(-n2nc3n(c2=O)CCCC3)c(F)cc1C(=O)Nc1cccc2c1CNC2)C1CCCCC1. The first-order valence-corrected chi connectivity index (χ1v) is 13.8. The number of aromatic nitrogens is 3. The Hall–Kier alpha value is -3.46. The number of benzene rings is 2. The molecule has 200 valence electrons. The highest BCUT2D eigenvalue weighted by atomic mass is 19.1. The van der Waals surface area contributed by atoms with Crippen LogP contribution in [-0.2, 0) is 26.1 Å². The second-order valence-electron chi connectivity index (χ2n) is 10.7. The van der Waals surface area contributed by atoms with Gasteiger partial charge in [-0.2, -0.15) is 4.68 Å². The topological polar surface area (TPSA) is 90.2 Å². The van der Waals surface area contributed by atoms with Crippen molar-refractivity contribution < 1.29 is 13.9 Å². The molecule has 1 aliphatic carbocycles. The van der Waals surface area contributed by atoms with Gasteiger partial charge in [0.1, 0.15) is 23.1 Å². The zero-order valence-corrected chi connectivity index (χ0v) is 21.8. The van der Waals surface area contributed by atoms with Crippen molar-refractivity contribution in [1.29, 1.82) is 0 Å². The van der Waals surface area contributed by atoms with Crippen LogP contribution >= 0.6 is 0 Å². The van der Waals surface area contributed by atoms with E-state index in [2.05, 4.69) is 15.7 Å². The van der Waals surface area contributed by atoms with Gasteiger partial charge in [-0.3, -0.25) is 9.36 Å². The zero-order valence-electron chi connectivity index (χ0n) is 21.8. The monoisotopic (exact) mass is 519 g/mol. The van der Waals surface area contributed by atoms with Gasteiger partial charge in [-0.05, 0) is 61.8 Å². The third-order valence-electron chi connectivity index (χ3n) is 8.26. The van der Waals surface area contributed by atoms with E-state index in [0.29, 0.717) is 36.9 Å². The molecule has 1 atom stereocenters. The van der Waals surface area contributed by atoms with E-state index >= 15 is 4.39 Å². The quantitative estimate of drug-likeness (QED) is 0.492. The van der Waals surface area contributed by atoms with Crippen molar-refractivity contribution in [2.45, 2.75) is 84.0 Å². The highest BCUT2D eigenvalue weighted by Crippen LogP contribution is 2.33. The molecule has 2 aromatic carbocycles. The van der Waals surface area contributed by atoms with Crippen molar-refractivity contribution in [2.75, 3.05) is 5.32 Å². The minimum absolute atomic E-state index is 0.00379. The summed E-state index contributed by atoms with van der Waals surface area (Å²) in [5, 5.41) is 10.7. The number of anilines is 1. The molecule has 9 heteroatoms. The number of ether oxygens (including phenoxy) is 1. The number of hydrogen-bond donors (Lipinski definition) is 2. The number of fused-ring (bicyclic) bond motifs is 2. The van der Waals surface area contributed by atoms with Crippen molar-refractivity contribution in [3.8, 4) is 11.4 Å². The Kier molecular flexibility index (Phi) is 6.78. The Bertz CT molecular complexity index is 1420. The van der Waals surface area contributed by atoms with E-state index < -0.39 is 11.7 Å². The maximum absolute atomic E-state index is 15.6. The van der Waals surface area contributed by atoms with Crippen LogP contribution in [0.4, 0.5) is 10.1 Å². The van der Waals surface area contributed by atoms with Crippen LogP contribution in [0.1, 0.15) is 79.2 Å². The van der Waals surface area contributed by atoms with Crippen LogP contribution in [0.3, 0.4) is 0 Å². The van der Waals surface area contributed by atoms with Gasteiger partial charge in [0.05, 0.1) is 11.7 Å². The molecule has 0 unspecified atom stereocenters. The van der Waals surface area contributed by atoms with Crippen LogP contribution < -0.4 is 21.1 Å². The third-order valence-corrected chi connectivity index (χ3v) is 8.26. The molecule has 8 nitrogen and oxygen atoms in total. The van der Waals surface area contributed by atoms with E-state index in [-0.39, 0.29) is 28.8 Å². The molecule has 1 amide bonds. The van der Waals surface area contributed by atoms with Crippen LogP contribution in [0.15, 0.2) is 35.1 Å². The molecule has 0 saturated heterocycles. The van der Waals surface area contributed by atoms with Gasteiger partial charge in [-0.1, -0.05) is 31.4 Å². The maximum Gasteiger partial charge on any atom is 0.350 e. The lowest BCUT2D eigenvalue weighted by Gasteiger charge is -2.29. The van der Waals surface area contributed by atoms with Gasteiger partial charge < -0.3 is 15.4 Å². The summed E-state index contributed by atoms with van der Waals surface area (Å²) >= 11 is 0. The molecule has 0 radical (unpaired) electrons. The molecule has 2 N–H and O–H groups in total. The van der Waals surface area contributed by atoms with Gasteiger partial charge in [0.2, 0.25) is 0 Å². The van der Waals surface area contributed by atoms with Gasteiger partial charge >= 0.3 is 5.69 Å². The van der Waals surface area contributed by atoms with Crippen molar-refractivity contribution >= 4 is 11.6 Å². The van der Waals surface area contributed by atoms with Crippen LogP contribution in [-0.4, -0.2) is 26.4 Å². The van der Waals surface area contributed by atoms with E-state index in [1.54, 1.807) is 4.57 Å². The minimum atomic E-state index is -0.690. The number of nitrogens with one attached hydrogen (secondary N) is 2. The molecule has 0 spiro atoms. The molecule has 1 saturated carbocycles. The molecular weight excluding hydrogens is 485 g/mol. The smallest absolute Gasteiger partial charge is 0.350 e. The summed E-state index contributed by atoms with van der Waals surface area (Å²) in [7, 11) is 0. The molecule has 3 aliphatic rings. The van der Waals surface area contributed by atoms with Crippen LogP contribution in [0.25, 0.3) is 5.69 Å². The number of carbonyl (C=O) groups is 1. The molecule has 3 aromatic rings. The highest BCUT2D eigenvalue weighted by Gasteiger charge is 2.27. The number of hydrogen-bond acceptors (Lipinski definition) is 5. The van der Waals surface area contributed by atoms with Gasteiger partial charge in [0.25, 0.3) is 5.91 Å². The van der Waals surface area contributed by atoms with Crippen LogP contribution in [0, 0.1) is 11.7 Å². The van der Waals surface area contributed by atoms with E-state index in [9.17, 15) is 9.59 Å². The summed E-state index contributed by atoms with van der Waals surface area (Å²) in [5.74, 6) is 0.148. The number of rotatable bonds is 6. The molecule has 38 heavy (non-hydrogen) atoms. The molecule has 0 bridgehead atoms. The van der Waals surface area contributed by atoms with E-state index in [0.717, 1.165) is 60.9 Å². The summed E-state index contributed by atoms with van der Waals surface area (Å²) in [6.07, 6.45) is 8.03. The Labute approximate surface area is 221 Å². The number of halogens is 1. The second kappa shape index (κ2) is 10.4. The lowest BCUT2D eigenvalue weighted by Crippen LogP contribution is -2.28. The largest absolute Gasteiger partial charge is 0.490 e. The Morgan fingerprint density at radius 2 is 2.00 bits per heavy atom. The molecule has 2 aliphatic heterocycles. The first-order chi connectivity index (χ1) is 18.5. The summed E-state index contributed by atoms with van der Waals surface area (Å²) in [5.41, 5.74) is 2.61. The molecule has 1 aromatic heterocycles. The van der Waals surface area contributed by atoms with Gasteiger partial charge in [-0.15, -0.1) is 5.10 Å². The average Bonchev–Trinajstić information content (AvgIpc) is 3.55. The Morgan fingerprint density at radius 3 is 2.82 bits per heavy atom. The molecule has 1 fully saturated rings. The number of amides is 1. The number of aryl methyl sites for hydroxylation is 1. The lowest BCUT2D eigenvalue weighted by molar-refractivity contribution is 0.0997. The highest BCUT2D eigenvalue weighted by molar-refractivity contribution is 6.07. The average molecular weight is 520 g/mol. The van der Waals surface area contributed by atoms with E-state index in [4.69, 9.17) is 4.74 Å². The minimum Gasteiger partial charge on any atom is -0.490 e. The lowest BCUT2D eigenvalue weighted by atomic mass is 9.86. The van der Waals surface area contributed by atoms with Crippen molar-refractivity contribution in [2.24, 2.45) is 5.92 Å². The Balaban J connectivity index is 1.38. The second-order valence-corrected chi connectivity index (χ2v) is 10.7. The summed E-state index contributed by atoms with van der Waals surface area (Å²) in [6, 6.07) is 8.44. The molecule has 3 heterocycles. The van der Waals surface area contributed by atoms with Crippen molar-refractivity contribution in [3.05, 3.63) is 69.1 Å². The maximum atomic E-state index is 15.6. The van der Waals surface area contributed by atoms with E-state index in [1.165, 1.54) is 18.6 Å². The number of carbonyl (C=O) groups excluding carboxylic acids is 1. The van der Waals surface area contributed by atoms with Crippen LogP contribution in [0.2, 0.25) is 0 Å². The first-order valence-electron chi connectivity index (χ1n) is 13.8. The normalized spacial score (nSPS) is 18.1.